The maximum atomic E-state index is 12.2. The lowest BCUT2D eigenvalue weighted by Gasteiger charge is -2.10. The molecule has 0 aliphatic rings. The molecule has 18 heavy (non-hydrogen) atoms. The van der Waals surface area contributed by atoms with Gasteiger partial charge in [0.2, 0.25) is 0 Å². The number of pyridine rings is 1. The van der Waals surface area contributed by atoms with Gasteiger partial charge in [-0.3, -0.25) is 9.78 Å². The van der Waals surface area contributed by atoms with Crippen LogP contribution in [-0.4, -0.2) is 17.9 Å². The molecular weight excluding hydrogens is 226 g/mol. The van der Waals surface area contributed by atoms with E-state index < -0.39 is 0 Å². The molecule has 0 spiro atoms. The summed E-state index contributed by atoms with van der Waals surface area (Å²) in [4.78, 5) is 16.1. The molecule has 0 aliphatic carbocycles. The van der Waals surface area contributed by atoms with Crippen molar-refractivity contribution in [2.45, 2.75) is 6.92 Å². The highest BCUT2D eigenvalue weighted by Crippen LogP contribution is 2.18. The summed E-state index contributed by atoms with van der Waals surface area (Å²) in [5.74, 6) is -0.130. The number of aryl methyl sites for hydroxylation is 1. The lowest BCUT2D eigenvalue weighted by atomic mass is 10.1. The monoisotopic (exact) mass is 241 g/mol. The quantitative estimate of drug-likeness (QED) is 0.868. The van der Waals surface area contributed by atoms with Crippen molar-refractivity contribution in [2.24, 2.45) is 0 Å². The number of aromatic nitrogens is 1. The minimum absolute atomic E-state index is 0.130. The number of nitrogens with zero attached hydrogens (tertiary/aromatic N) is 1. The normalized spacial score (nSPS) is 9.89. The van der Waals surface area contributed by atoms with Crippen LogP contribution < -0.4 is 10.6 Å². The summed E-state index contributed by atoms with van der Waals surface area (Å²) in [7, 11) is 1.80. The summed E-state index contributed by atoms with van der Waals surface area (Å²) in [5, 5.41) is 5.86. The molecule has 4 heteroatoms. The third-order valence-electron chi connectivity index (χ3n) is 2.63. The van der Waals surface area contributed by atoms with Gasteiger partial charge in [-0.1, -0.05) is 11.6 Å². The second-order valence-electron chi connectivity index (χ2n) is 3.99. The number of hydrogen-bond donors (Lipinski definition) is 2. The van der Waals surface area contributed by atoms with E-state index in [0.29, 0.717) is 5.56 Å². The summed E-state index contributed by atoms with van der Waals surface area (Å²) in [6, 6.07) is 9.24. The van der Waals surface area contributed by atoms with Gasteiger partial charge in [-0.15, -0.1) is 0 Å². The van der Waals surface area contributed by atoms with Gasteiger partial charge in [-0.05, 0) is 31.2 Å². The van der Waals surface area contributed by atoms with Gasteiger partial charge >= 0.3 is 0 Å². The Labute approximate surface area is 106 Å². The second-order valence-corrected chi connectivity index (χ2v) is 3.99. The molecule has 0 saturated carbocycles. The average molecular weight is 241 g/mol. The number of anilines is 2. The van der Waals surface area contributed by atoms with Crippen LogP contribution in [0.3, 0.4) is 0 Å². The second kappa shape index (κ2) is 5.31. The molecule has 1 aromatic heterocycles. The predicted molar refractivity (Wildman–Crippen MR) is 72.9 cm³/mol. The number of benzene rings is 1. The zero-order chi connectivity index (χ0) is 13.0. The van der Waals surface area contributed by atoms with Crippen LogP contribution in [0.4, 0.5) is 11.4 Å². The summed E-state index contributed by atoms with van der Waals surface area (Å²) < 4.78 is 0. The average Bonchev–Trinajstić information content (AvgIpc) is 2.40. The van der Waals surface area contributed by atoms with Crippen LogP contribution in [0.5, 0.6) is 0 Å². The van der Waals surface area contributed by atoms with Crippen molar-refractivity contribution >= 4 is 17.3 Å². The number of nitrogens with one attached hydrogen (secondary N) is 2. The van der Waals surface area contributed by atoms with E-state index >= 15 is 0 Å². The summed E-state index contributed by atoms with van der Waals surface area (Å²) >= 11 is 0. The molecule has 4 nitrogen and oxygen atoms in total. The lowest BCUT2D eigenvalue weighted by Crippen LogP contribution is -2.14. The van der Waals surface area contributed by atoms with Gasteiger partial charge in [0.25, 0.3) is 5.91 Å². The molecule has 2 N–H and O–H groups in total. The summed E-state index contributed by atoms with van der Waals surface area (Å²) in [6.07, 6.45) is 3.29. The van der Waals surface area contributed by atoms with E-state index in [-0.39, 0.29) is 5.91 Å². The molecule has 0 radical (unpaired) electrons. The molecule has 0 aliphatic heterocycles. The van der Waals surface area contributed by atoms with Gasteiger partial charge in [-0.2, -0.15) is 0 Å². The predicted octanol–water partition coefficient (Wildman–Crippen LogP) is 2.68. The molecule has 0 bridgehead atoms. The fraction of sp³-hybridized carbons (Fsp3) is 0.143. The summed E-state index contributed by atoms with van der Waals surface area (Å²) in [6.45, 7) is 1.96. The highest BCUT2D eigenvalue weighted by Gasteiger charge is 2.10. The first-order valence-electron chi connectivity index (χ1n) is 5.70. The Morgan fingerprint density at radius 3 is 2.56 bits per heavy atom. The smallest absolute Gasteiger partial charge is 0.257 e. The Morgan fingerprint density at radius 1 is 1.17 bits per heavy atom. The third kappa shape index (κ3) is 2.66. The van der Waals surface area contributed by atoms with Crippen molar-refractivity contribution in [1.82, 2.24) is 4.98 Å². The molecule has 2 rings (SSSR count). The van der Waals surface area contributed by atoms with Crippen LogP contribution in [0.1, 0.15) is 15.9 Å². The van der Waals surface area contributed by atoms with E-state index in [0.717, 1.165) is 16.9 Å². The van der Waals surface area contributed by atoms with Crippen molar-refractivity contribution in [3.63, 3.8) is 0 Å². The Balaban J connectivity index is 2.26. The van der Waals surface area contributed by atoms with E-state index in [1.165, 1.54) is 0 Å². The Hall–Kier alpha value is -2.36. The molecule has 92 valence electrons. The molecule has 1 amide bonds. The van der Waals surface area contributed by atoms with Gasteiger partial charge in [0.05, 0.1) is 5.56 Å². The SMILES string of the molecule is CNc1ccc(C)cc1C(=O)Nc1ccncc1. The molecule has 0 saturated heterocycles. The van der Waals surface area contributed by atoms with Crippen molar-refractivity contribution in [3.8, 4) is 0 Å². The first-order valence-corrected chi connectivity index (χ1v) is 5.70. The molecule has 0 fully saturated rings. The van der Waals surface area contributed by atoms with Crippen LogP contribution >= 0.6 is 0 Å². The molecular formula is C14H15N3O. The van der Waals surface area contributed by atoms with Gasteiger partial charge in [0, 0.05) is 30.8 Å². The number of amides is 1. The summed E-state index contributed by atoms with van der Waals surface area (Å²) in [5.41, 5.74) is 3.23. The fourth-order valence-electron chi connectivity index (χ4n) is 1.70. The number of hydrogen-bond acceptors (Lipinski definition) is 3. The Bertz CT molecular complexity index is 552. The first-order chi connectivity index (χ1) is 8.70. The largest absolute Gasteiger partial charge is 0.387 e. The van der Waals surface area contributed by atoms with E-state index in [9.17, 15) is 4.79 Å². The van der Waals surface area contributed by atoms with Crippen LogP contribution in [-0.2, 0) is 0 Å². The standard InChI is InChI=1S/C14H15N3O/c1-10-3-4-13(15-2)12(9-10)14(18)17-11-5-7-16-8-6-11/h3-9,15H,1-2H3,(H,16,17,18). The number of carbonyl (C=O) groups excluding carboxylic acids is 1. The third-order valence-corrected chi connectivity index (χ3v) is 2.63. The van der Waals surface area contributed by atoms with Crippen LogP contribution in [0.25, 0.3) is 0 Å². The van der Waals surface area contributed by atoms with Gasteiger partial charge in [-0.25, -0.2) is 0 Å². The molecule has 2 aromatic rings. The van der Waals surface area contributed by atoms with Crippen molar-refractivity contribution in [3.05, 3.63) is 53.9 Å². The van der Waals surface area contributed by atoms with Crippen LogP contribution in [0, 0.1) is 6.92 Å². The molecule has 1 aromatic carbocycles. The van der Waals surface area contributed by atoms with Crippen molar-refractivity contribution in [1.29, 1.82) is 0 Å². The first kappa shape index (κ1) is 12.1. The van der Waals surface area contributed by atoms with Gasteiger partial charge in [0.1, 0.15) is 0 Å². The topological polar surface area (TPSA) is 54.0 Å². The number of rotatable bonds is 3. The van der Waals surface area contributed by atoms with Gasteiger partial charge in [0.15, 0.2) is 0 Å². The van der Waals surface area contributed by atoms with Gasteiger partial charge < -0.3 is 10.6 Å². The lowest BCUT2D eigenvalue weighted by molar-refractivity contribution is 0.102. The molecule has 1 heterocycles. The van der Waals surface area contributed by atoms with Crippen molar-refractivity contribution < 1.29 is 4.79 Å². The Kier molecular flexibility index (Phi) is 3.57. The van der Waals surface area contributed by atoms with E-state index in [1.807, 2.05) is 25.1 Å². The zero-order valence-corrected chi connectivity index (χ0v) is 10.4. The molecule has 0 atom stereocenters. The minimum atomic E-state index is -0.130. The van der Waals surface area contributed by atoms with Crippen molar-refractivity contribution in [2.75, 3.05) is 17.7 Å². The van der Waals surface area contributed by atoms with E-state index in [4.69, 9.17) is 0 Å². The van der Waals surface area contributed by atoms with E-state index in [2.05, 4.69) is 15.6 Å². The van der Waals surface area contributed by atoms with Crippen LogP contribution in [0.2, 0.25) is 0 Å². The highest BCUT2D eigenvalue weighted by atomic mass is 16.1. The fourth-order valence-corrected chi connectivity index (χ4v) is 1.70. The number of carbonyl (C=O) groups is 1. The van der Waals surface area contributed by atoms with Crippen LogP contribution in [0.15, 0.2) is 42.7 Å². The zero-order valence-electron chi connectivity index (χ0n) is 10.4. The maximum Gasteiger partial charge on any atom is 0.257 e. The van der Waals surface area contributed by atoms with E-state index in [1.54, 1.807) is 31.6 Å². The highest BCUT2D eigenvalue weighted by molar-refractivity contribution is 6.08. The molecule has 0 unspecified atom stereocenters. The minimum Gasteiger partial charge on any atom is -0.387 e. The Morgan fingerprint density at radius 2 is 1.89 bits per heavy atom. The maximum absolute atomic E-state index is 12.2.